The van der Waals surface area contributed by atoms with Crippen LogP contribution in [0.25, 0.3) is 11.4 Å². The second-order valence-corrected chi connectivity index (χ2v) is 8.24. The van der Waals surface area contributed by atoms with E-state index < -0.39 is 0 Å². The number of hydrogen-bond donors (Lipinski definition) is 2. The molecule has 1 aliphatic rings. The molecule has 31 heavy (non-hydrogen) atoms. The first-order valence-corrected chi connectivity index (χ1v) is 10.7. The average Bonchev–Trinajstić information content (AvgIpc) is 3.30. The monoisotopic (exact) mass is 417 g/mol. The Balaban J connectivity index is 1.39. The highest BCUT2D eigenvalue weighted by atomic mass is 16.2. The number of benzene rings is 1. The van der Waals surface area contributed by atoms with Crippen molar-refractivity contribution in [2.75, 3.05) is 18.4 Å². The van der Waals surface area contributed by atoms with Crippen LogP contribution >= 0.6 is 0 Å². The molecule has 4 rings (SSSR count). The fourth-order valence-corrected chi connectivity index (χ4v) is 3.82. The number of carbonyl (C=O) groups is 2. The zero-order valence-corrected chi connectivity index (χ0v) is 17.8. The number of anilines is 1. The number of nitrogens with zero attached hydrogens (tertiary/aromatic N) is 3. The van der Waals surface area contributed by atoms with Crippen LogP contribution in [0.1, 0.15) is 48.7 Å². The van der Waals surface area contributed by atoms with Crippen molar-refractivity contribution in [1.29, 1.82) is 0 Å². The lowest BCUT2D eigenvalue weighted by atomic mass is 9.96. The van der Waals surface area contributed by atoms with Crippen molar-refractivity contribution in [1.82, 2.24) is 20.1 Å². The molecule has 0 bridgehead atoms. The van der Waals surface area contributed by atoms with Gasteiger partial charge in [0.15, 0.2) is 0 Å². The summed E-state index contributed by atoms with van der Waals surface area (Å²) in [7, 11) is 0. The van der Waals surface area contributed by atoms with E-state index in [1.165, 1.54) is 5.56 Å². The molecular formula is C24H27N5O2. The molecule has 7 nitrogen and oxygen atoms in total. The van der Waals surface area contributed by atoms with E-state index in [1.807, 2.05) is 42.5 Å². The molecule has 2 aromatic heterocycles. The predicted molar refractivity (Wildman–Crippen MR) is 120 cm³/mol. The number of aromatic nitrogens is 3. The van der Waals surface area contributed by atoms with Crippen LogP contribution in [-0.2, 0) is 4.79 Å². The molecule has 0 aliphatic carbocycles. The number of aromatic amines is 1. The molecule has 1 aromatic carbocycles. The summed E-state index contributed by atoms with van der Waals surface area (Å²) < 4.78 is 0. The molecule has 2 N–H and O–H groups in total. The predicted octanol–water partition coefficient (Wildman–Crippen LogP) is 4.09. The van der Waals surface area contributed by atoms with Crippen molar-refractivity contribution >= 4 is 17.5 Å². The Kier molecular flexibility index (Phi) is 6.11. The first-order chi connectivity index (χ1) is 15.0. The summed E-state index contributed by atoms with van der Waals surface area (Å²) >= 11 is 0. The van der Waals surface area contributed by atoms with E-state index in [-0.39, 0.29) is 17.7 Å². The lowest BCUT2D eigenvalue weighted by molar-refractivity contribution is -0.121. The van der Waals surface area contributed by atoms with E-state index in [4.69, 9.17) is 0 Å². The summed E-state index contributed by atoms with van der Waals surface area (Å²) in [6.45, 7) is 5.30. The topological polar surface area (TPSA) is 91.0 Å². The third kappa shape index (κ3) is 4.82. The molecule has 160 valence electrons. The summed E-state index contributed by atoms with van der Waals surface area (Å²) in [5, 5.41) is 10.0. The van der Waals surface area contributed by atoms with Gasteiger partial charge in [-0.2, -0.15) is 5.10 Å². The molecule has 1 saturated heterocycles. The minimum absolute atomic E-state index is 0.0476. The number of amides is 2. The Labute approximate surface area is 181 Å². The second-order valence-electron chi connectivity index (χ2n) is 8.24. The van der Waals surface area contributed by atoms with Crippen molar-refractivity contribution in [2.45, 2.75) is 32.6 Å². The van der Waals surface area contributed by atoms with Gasteiger partial charge in [0.05, 0.1) is 11.6 Å². The van der Waals surface area contributed by atoms with E-state index in [0.29, 0.717) is 36.1 Å². The van der Waals surface area contributed by atoms with Gasteiger partial charge in [0.25, 0.3) is 5.91 Å². The highest BCUT2D eigenvalue weighted by Gasteiger charge is 2.30. The molecule has 1 atom stereocenters. The van der Waals surface area contributed by atoms with Gasteiger partial charge in [0.1, 0.15) is 11.4 Å². The summed E-state index contributed by atoms with van der Waals surface area (Å²) in [5.74, 6) is 0.0195. The summed E-state index contributed by atoms with van der Waals surface area (Å²) in [4.78, 5) is 31.8. The quantitative estimate of drug-likeness (QED) is 0.654. The van der Waals surface area contributed by atoms with Gasteiger partial charge < -0.3 is 10.2 Å². The van der Waals surface area contributed by atoms with Gasteiger partial charge in [0.2, 0.25) is 5.91 Å². The van der Waals surface area contributed by atoms with E-state index in [0.717, 1.165) is 18.5 Å². The van der Waals surface area contributed by atoms with Crippen LogP contribution in [-0.4, -0.2) is 45.0 Å². The minimum Gasteiger partial charge on any atom is -0.337 e. The van der Waals surface area contributed by atoms with Crippen LogP contribution in [0.2, 0.25) is 0 Å². The smallest absolute Gasteiger partial charge is 0.271 e. The first kappa shape index (κ1) is 20.8. The molecule has 3 aromatic rings. The molecule has 1 fully saturated rings. The highest BCUT2D eigenvalue weighted by Crippen LogP contribution is 2.23. The van der Waals surface area contributed by atoms with Gasteiger partial charge in [-0.05, 0) is 54.7 Å². The van der Waals surface area contributed by atoms with Crippen LogP contribution in [0.5, 0.6) is 0 Å². The molecule has 0 radical (unpaired) electrons. The first-order valence-electron chi connectivity index (χ1n) is 10.7. The molecule has 1 unspecified atom stereocenters. The Morgan fingerprint density at radius 1 is 1.13 bits per heavy atom. The number of carbonyl (C=O) groups excluding carboxylic acids is 2. The number of pyridine rings is 1. The van der Waals surface area contributed by atoms with Gasteiger partial charge in [-0.3, -0.25) is 19.7 Å². The Morgan fingerprint density at radius 2 is 1.94 bits per heavy atom. The maximum Gasteiger partial charge on any atom is 0.271 e. The summed E-state index contributed by atoms with van der Waals surface area (Å²) in [6.07, 6.45) is 3.24. The van der Waals surface area contributed by atoms with E-state index in [1.54, 1.807) is 17.2 Å². The van der Waals surface area contributed by atoms with Crippen LogP contribution in [0.15, 0.2) is 54.7 Å². The number of H-pyrrole nitrogens is 1. The number of piperidine rings is 1. The normalized spacial score (nSPS) is 16.4. The van der Waals surface area contributed by atoms with Gasteiger partial charge in [0, 0.05) is 25.0 Å². The van der Waals surface area contributed by atoms with Crippen LogP contribution in [0, 0.1) is 5.92 Å². The SMILES string of the molecule is CC(C)c1ccc(NC(=O)C2CCCN(C(=O)c3cc(-c4ccccn4)n[nH]3)C2)cc1. The zero-order chi connectivity index (χ0) is 21.8. The fourth-order valence-electron chi connectivity index (χ4n) is 3.82. The van der Waals surface area contributed by atoms with Gasteiger partial charge in [-0.1, -0.05) is 32.0 Å². The average molecular weight is 418 g/mol. The second kappa shape index (κ2) is 9.12. The minimum atomic E-state index is -0.236. The number of rotatable bonds is 5. The van der Waals surface area contributed by atoms with Crippen molar-refractivity contribution in [2.24, 2.45) is 5.92 Å². The number of nitrogens with one attached hydrogen (secondary N) is 2. The van der Waals surface area contributed by atoms with Crippen LogP contribution < -0.4 is 5.32 Å². The Hall–Kier alpha value is -3.48. The largest absolute Gasteiger partial charge is 0.337 e. The molecule has 1 aliphatic heterocycles. The van der Waals surface area contributed by atoms with E-state index in [2.05, 4.69) is 34.3 Å². The standard InChI is InChI=1S/C24H27N5O2/c1-16(2)17-8-10-19(11-9-17)26-23(30)18-6-5-13-29(15-18)24(31)22-14-21(27-28-22)20-7-3-4-12-25-20/h3-4,7-12,14,16,18H,5-6,13,15H2,1-2H3,(H,26,30)(H,27,28). The molecule has 0 spiro atoms. The van der Waals surface area contributed by atoms with Gasteiger partial charge in [-0.25, -0.2) is 0 Å². The molecule has 7 heteroatoms. The third-order valence-electron chi connectivity index (χ3n) is 5.66. The van der Waals surface area contributed by atoms with E-state index in [9.17, 15) is 9.59 Å². The molecule has 0 saturated carbocycles. The maximum atomic E-state index is 13.0. The Bertz CT molecular complexity index is 1040. The zero-order valence-electron chi connectivity index (χ0n) is 17.8. The molecule has 3 heterocycles. The van der Waals surface area contributed by atoms with E-state index >= 15 is 0 Å². The number of likely N-dealkylation sites (tertiary alicyclic amines) is 1. The highest BCUT2D eigenvalue weighted by molar-refractivity contribution is 5.95. The lowest BCUT2D eigenvalue weighted by Gasteiger charge is -2.31. The Morgan fingerprint density at radius 3 is 2.65 bits per heavy atom. The lowest BCUT2D eigenvalue weighted by Crippen LogP contribution is -2.43. The van der Waals surface area contributed by atoms with Crippen LogP contribution in [0.4, 0.5) is 5.69 Å². The van der Waals surface area contributed by atoms with Crippen molar-refractivity contribution in [3.63, 3.8) is 0 Å². The number of hydrogen-bond acceptors (Lipinski definition) is 4. The van der Waals surface area contributed by atoms with Crippen LogP contribution in [0.3, 0.4) is 0 Å². The molecule has 2 amide bonds. The third-order valence-corrected chi connectivity index (χ3v) is 5.66. The molecular weight excluding hydrogens is 390 g/mol. The van der Waals surface area contributed by atoms with Crippen molar-refractivity contribution < 1.29 is 9.59 Å². The fraction of sp³-hybridized carbons (Fsp3) is 0.333. The summed E-state index contributed by atoms with van der Waals surface area (Å²) in [5.41, 5.74) is 3.76. The van der Waals surface area contributed by atoms with Gasteiger partial charge >= 0.3 is 0 Å². The van der Waals surface area contributed by atoms with Gasteiger partial charge in [-0.15, -0.1) is 0 Å². The maximum absolute atomic E-state index is 13.0. The van der Waals surface area contributed by atoms with Crippen molar-refractivity contribution in [3.05, 3.63) is 66.0 Å². The summed E-state index contributed by atoms with van der Waals surface area (Å²) in [6, 6.07) is 15.2. The van der Waals surface area contributed by atoms with Crippen molar-refractivity contribution in [3.8, 4) is 11.4 Å².